The summed E-state index contributed by atoms with van der Waals surface area (Å²) in [6.45, 7) is 1.42. The molecule has 0 spiro atoms. The van der Waals surface area contributed by atoms with E-state index in [0.29, 0.717) is 5.56 Å². The highest BCUT2D eigenvalue weighted by Gasteiger charge is 2.15. The quantitative estimate of drug-likeness (QED) is 0.831. The van der Waals surface area contributed by atoms with E-state index in [0.717, 1.165) is 5.69 Å². The second-order valence-corrected chi connectivity index (χ2v) is 4.11. The third kappa shape index (κ3) is 1.77. The summed E-state index contributed by atoms with van der Waals surface area (Å²) in [6, 6.07) is 3.20. The summed E-state index contributed by atoms with van der Waals surface area (Å²) in [5.74, 6) is -1.19. The minimum Gasteiger partial charge on any atom is -0.477 e. The van der Waals surface area contributed by atoms with Crippen molar-refractivity contribution >= 4 is 23.1 Å². The number of nitrogens with zero attached hydrogens (tertiary/aromatic N) is 1. The van der Waals surface area contributed by atoms with Crippen molar-refractivity contribution in [2.75, 3.05) is 0 Å². The number of rotatable bonds is 3. The molecule has 0 aromatic carbocycles. The summed E-state index contributed by atoms with van der Waals surface area (Å²) >= 11 is 1.47. The number of aromatic nitrogens is 1. The molecule has 0 aliphatic rings. The maximum absolute atomic E-state index is 11.2. The van der Waals surface area contributed by atoms with Gasteiger partial charge in [0.2, 0.25) is 0 Å². The number of hydrogen-bond donors (Lipinski definition) is 1. The van der Waals surface area contributed by atoms with Gasteiger partial charge in [-0.3, -0.25) is 4.79 Å². The lowest BCUT2D eigenvalue weighted by Crippen LogP contribution is -2.04. The van der Waals surface area contributed by atoms with Gasteiger partial charge in [0.25, 0.3) is 0 Å². The Hall–Kier alpha value is -1.88. The molecule has 5 heteroatoms. The lowest BCUT2D eigenvalue weighted by Gasteiger charge is -2.01. The van der Waals surface area contributed by atoms with E-state index in [1.165, 1.54) is 28.9 Å². The Bertz CT molecular complexity index is 540. The average Bonchev–Trinajstić information content (AvgIpc) is 2.86. The average molecular weight is 235 g/mol. The van der Waals surface area contributed by atoms with Gasteiger partial charge in [-0.1, -0.05) is 0 Å². The van der Waals surface area contributed by atoms with Gasteiger partial charge < -0.3 is 9.67 Å². The number of Topliss-reactive ketones (excluding diaryl/α,β-unsaturated/α-hetero) is 1. The Morgan fingerprint density at radius 2 is 2.19 bits per heavy atom. The van der Waals surface area contributed by atoms with E-state index in [1.54, 1.807) is 12.3 Å². The molecule has 0 aliphatic carbocycles. The highest BCUT2D eigenvalue weighted by Crippen LogP contribution is 2.18. The molecule has 16 heavy (non-hydrogen) atoms. The van der Waals surface area contributed by atoms with Crippen molar-refractivity contribution in [3.05, 3.63) is 40.3 Å². The van der Waals surface area contributed by atoms with Crippen LogP contribution in [0.5, 0.6) is 0 Å². The molecule has 0 bridgehead atoms. The molecule has 0 saturated carbocycles. The first-order valence-electron chi connectivity index (χ1n) is 4.59. The first kappa shape index (κ1) is 10.6. The second-order valence-electron chi connectivity index (χ2n) is 3.33. The van der Waals surface area contributed by atoms with Gasteiger partial charge in [-0.05, 0) is 24.4 Å². The predicted molar refractivity (Wildman–Crippen MR) is 60.6 cm³/mol. The van der Waals surface area contributed by atoms with Crippen LogP contribution < -0.4 is 0 Å². The Labute approximate surface area is 95.8 Å². The number of carboxylic acid groups (broad SMARTS) is 1. The normalized spacial score (nSPS) is 10.3. The molecular formula is C11H9NO3S. The molecule has 0 unspecified atom stereocenters. The lowest BCUT2D eigenvalue weighted by atomic mass is 10.2. The summed E-state index contributed by atoms with van der Waals surface area (Å²) in [5, 5.41) is 12.7. The molecule has 0 radical (unpaired) electrons. The van der Waals surface area contributed by atoms with Crippen LogP contribution in [-0.4, -0.2) is 21.4 Å². The standard InChI is InChI=1S/C11H9NO3S/c1-7(13)8-4-10(11(14)15)12(5-8)9-2-3-16-6-9/h2-6H,1H3,(H,14,15). The monoisotopic (exact) mass is 235 g/mol. The Morgan fingerprint density at radius 3 is 2.69 bits per heavy atom. The van der Waals surface area contributed by atoms with Crippen LogP contribution in [0.4, 0.5) is 0 Å². The Balaban J connectivity index is 2.59. The maximum atomic E-state index is 11.2. The van der Waals surface area contributed by atoms with Crippen molar-refractivity contribution in [1.82, 2.24) is 4.57 Å². The number of carboxylic acids is 1. The van der Waals surface area contributed by atoms with E-state index in [4.69, 9.17) is 5.11 Å². The van der Waals surface area contributed by atoms with Crippen LogP contribution in [0, 0.1) is 0 Å². The summed E-state index contributed by atoms with van der Waals surface area (Å²) in [5.41, 5.74) is 1.27. The topological polar surface area (TPSA) is 59.3 Å². The predicted octanol–water partition coefficient (Wildman–Crippen LogP) is 2.44. The first-order valence-corrected chi connectivity index (χ1v) is 5.53. The molecule has 4 nitrogen and oxygen atoms in total. The smallest absolute Gasteiger partial charge is 0.352 e. The lowest BCUT2D eigenvalue weighted by molar-refractivity contribution is 0.0688. The van der Waals surface area contributed by atoms with Crippen LogP contribution in [0.3, 0.4) is 0 Å². The highest BCUT2D eigenvalue weighted by molar-refractivity contribution is 7.08. The van der Waals surface area contributed by atoms with Crippen molar-refractivity contribution in [3.8, 4) is 5.69 Å². The van der Waals surface area contributed by atoms with E-state index in [9.17, 15) is 9.59 Å². The Morgan fingerprint density at radius 1 is 1.44 bits per heavy atom. The van der Waals surface area contributed by atoms with Crippen molar-refractivity contribution in [2.45, 2.75) is 6.92 Å². The van der Waals surface area contributed by atoms with Crippen LogP contribution in [0.25, 0.3) is 5.69 Å². The van der Waals surface area contributed by atoms with Crippen LogP contribution in [0.1, 0.15) is 27.8 Å². The highest BCUT2D eigenvalue weighted by atomic mass is 32.1. The first-order chi connectivity index (χ1) is 7.59. The SMILES string of the molecule is CC(=O)c1cc(C(=O)O)n(-c2ccsc2)c1. The zero-order chi connectivity index (χ0) is 11.7. The summed E-state index contributed by atoms with van der Waals surface area (Å²) < 4.78 is 1.51. The number of ketones is 1. The largest absolute Gasteiger partial charge is 0.477 e. The maximum Gasteiger partial charge on any atom is 0.352 e. The minimum absolute atomic E-state index is 0.101. The Kier molecular flexibility index (Phi) is 2.62. The van der Waals surface area contributed by atoms with Crippen LogP contribution in [-0.2, 0) is 0 Å². The number of carbonyl (C=O) groups excluding carboxylic acids is 1. The van der Waals surface area contributed by atoms with Gasteiger partial charge in [0.1, 0.15) is 5.69 Å². The third-order valence-electron chi connectivity index (χ3n) is 2.23. The number of carbonyl (C=O) groups is 2. The molecule has 0 aliphatic heterocycles. The molecule has 0 fully saturated rings. The molecule has 82 valence electrons. The minimum atomic E-state index is -1.04. The van der Waals surface area contributed by atoms with Gasteiger partial charge in [0, 0.05) is 17.1 Å². The van der Waals surface area contributed by atoms with E-state index >= 15 is 0 Å². The fraction of sp³-hybridized carbons (Fsp3) is 0.0909. The van der Waals surface area contributed by atoms with Gasteiger partial charge in [0.05, 0.1) is 5.69 Å². The van der Waals surface area contributed by atoms with Gasteiger partial charge in [0.15, 0.2) is 5.78 Å². The summed E-state index contributed by atoms with van der Waals surface area (Å²) in [4.78, 5) is 22.2. The molecule has 0 amide bonds. The van der Waals surface area contributed by atoms with E-state index < -0.39 is 5.97 Å². The van der Waals surface area contributed by atoms with Crippen LogP contribution in [0.15, 0.2) is 29.1 Å². The van der Waals surface area contributed by atoms with Gasteiger partial charge in [-0.25, -0.2) is 4.79 Å². The number of thiophene rings is 1. The van der Waals surface area contributed by atoms with Crippen molar-refractivity contribution < 1.29 is 14.7 Å². The zero-order valence-corrected chi connectivity index (χ0v) is 9.32. The zero-order valence-electron chi connectivity index (χ0n) is 8.51. The molecule has 2 aromatic heterocycles. The molecule has 2 aromatic rings. The van der Waals surface area contributed by atoms with Crippen LogP contribution >= 0.6 is 11.3 Å². The molecule has 2 rings (SSSR count). The van der Waals surface area contributed by atoms with Gasteiger partial charge in [-0.15, -0.1) is 0 Å². The van der Waals surface area contributed by atoms with Gasteiger partial charge >= 0.3 is 5.97 Å². The van der Waals surface area contributed by atoms with E-state index in [-0.39, 0.29) is 11.5 Å². The summed E-state index contributed by atoms with van der Waals surface area (Å²) in [6.07, 6.45) is 1.55. The number of hydrogen-bond acceptors (Lipinski definition) is 3. The molecule has 1 N–H and O–H groups in total. The molecular weight excluding hydrogens is 226 g/mol. The van der Waals surface area contributed by atoms with E-state index in [1.807, 2.05) is 10.8 Å². The molecule has 2 heterocycles. The molecule has 0 atom stereocenters. The third-order valence-corrected chi connectivity index (χ3v) is 2.90. The van der Waals surface area contributed by atoms with Crippen molar-refractivity contribution in [1.29, 1.82) is 0 Å². The summed E-state index contributed by atoms with van der Waals surface area (Å²) in [7, 11) is 0. The van der Waals surface area contributed by atoms with Crippen molar-refractivity contribution in [2.24, 2.45) is 0 Å². The fourth-order valence-electron chi connectivity index (χ4n) is 1.43. The number of aromatic carboxylic acids is 1. The fourth-order valence-corrected chi connectivity index (χ4v) is 2.06. The van der Waals surface area contributed by atoms with E-state index in [2.05, 4.69) is 0 Å². The van der Waals surface area contributed by atoms with Crippen LogP contribution in [0.2, 0.25) is 0 Å². The van der Waals surface area contributed by atoms with Gasteiger partial charge in [-0.2, -0.15) is 11.3 Å². The van der Waals surface area contributed by atoms with Crippen molar-refractivity contribution in [3.63, 3.8) is 0 Å². The second kappa shape index (κ2) is 3.94. The molecule has 0 saturated heterocycles.